The number of nitrogens with one attached hydrogen (secondary N) is 2. The minimum Gasteiger partial charge on any atom is -0.427 e. The van der Waals surface area contributed by atoms with Gasteiger partial charge in [0, 0.05) is 21.1 Å². The van der Waals surface area contributed by atoms with E-state index in [1.165, 1.54) is 0 Å². The molecular formula is C8H14N4O. The molecule has 0 unspecified atom stereocenters. The van der Waals surface area contributed by atoms with Crippen molar-refractivity contribution in [3.63, 3.8) is 0 Å². The van der Waals surface area contributed by atoms with E-state index in [9.17, 15) is 5.21 Å². The summed E-state index contributed by atoms with van der Waals surface area (Å²) < 4.78 is 0.984. The Morgan fingerprint density at radius 1 is 1.38 bits per heavy atom. The van der Waals surface area contributed by atoms with Crippen molar-refractivity contribution in [2.75, 3.05) is 31.8 Å². The van der Waals surface area contributed by atoms with Crippen molar-refractivity contribution in [2.45, 2.75) is 0 Å². The third-order valence-electron chi connectivity index (χ3n) is 1.79. The summed E-state index contributed by atoms with van der Waals surface area (Å²) in [6, 6.07) is 1.87. The molecule has 72 valence electrons. The van der Waals surface area contributed by atoms with Gasteiger partial charge in [-0.2, -0.15) is 4.73 Å². The first-order chi connectivity index (χ1) is 6.22. The summed E-state index contributed by atoms with van der Waals surface area (Å²) in [4.78, 5) is 3.94. The van der Waals surface area contributed by atoms with Crippen molar-refractivity contribution in [3.05, 3.63) is 17.8 Å². The van der Waals surface area contributed by atoms with Crippen LogP contribution in [0.15, 0.2) is 17.3 Å². The number of rotatable bonds is 2. The molecule has 0 amide bonds. The van der Waals surface area contributed by atoms with Crippen LogP contribution >= 0.6 is 0 Å². The zero-order valence-corrected chi connectivity index (χ0v) is 8.00. The number of aromatic nitrogens is 1. The van der Waals surface area contributed by atoms with E-state index in [2.05, 4.69) is 15.6 Å². The first-order valence-electron chi connectivity index (χ1n) is 3.97. The van der Waals surface area contributed by atoms with Crippen molar-refractivity contribution in [1.82, 2.24) is 4.73 Å². The van der Waals surface area contributed by atoms with E-state index in [0.717, 1.165) is 16.1 Å². The summed E-state index contributed by atoms with van der Waals surface area (Å²) in [6.07, 6.45) is 1.56. The van der Waals surface area contributed by atoms with Crippen LogP contribution in [0, 0.1) is 0 Å². The summed E-state index contributed by atoms with van der Waals surface area (Å²) in [6.45, 7) is 0. The summed E-state index contributed by atoms with van der Waals surface area (Å²) in [5.74, 6) is 0. The van der Waals surface area contributed by atoms with Crippen LogP contribution < -0.4 is 16.1 Å². The summed E-state index contributed by atoms with van der Waals surface area (Å²) >= 11 is 0. The Labute approximate surface area is 76.7 Å². The molecule has 0 fully saturated rings. The molecule has 0 bridgehead atoms. The van der Waals surface area contributed by atoms with Gasteiger partial charge in [0.1, 0.15) is 0 Å². The molecule has 0 aliphatic rings. The van der Waals surface area contributed by atoms with Gasteiger partial charge in [-0.1, -0.05) is 0 Å². The second-order valence-electron chi connectivity index (χ2n) is 2.53. The van der Waals surface area contributed by atoms with E-state index in [-0.39, 0.29) is 0 Å². The van der Waals surface area contributed by atoms with Gasteiger partial charge in [0.05, 0.1) is 17.6 Å². The quantitative estimate of drug-likeness (QED) is 0.578. The molecule has 1 heterocycles. The maximum Gasteiger partial charge on any atom is 0.186 e. The third kappa shape index (κ3) is 1.74. The second kappa shape index (κ2) is 3.84. The minimum atomic E-state index is 0.501. The van der Waals surface area contributed by atoms with Crippen LogP contribution in [0.3, 0.4) is 0 Å². The second-order valence-corrected chi connectivity index (χ2v) is 2.53. The normalized spacial score (nSPS) is 11.5. The lowest BCUT2D eigenvalue weighted by Gasteiger charge is -2.08. The Morgan fingerprint density at radius 2 is 2.08 bits per heavy atom. The molecule has 5 nitrogen and oxygen atoms in total. The van der Waals surface area contributed by atoms with E-state index < -0.39 is 0 Å². The van der Waals surface area contributed by atoms with Crippen molar-refractivity contribution in [2.24, 2.45) is 4.99 Å². The maximum absolute atomic E-state index is 9.48. The Morgan fingerprint density at radius 3 is 2.54 bits per heavy atom. The van der Waals surface area contributed by atoms with Crippen LogP contribution in [0.2, 0.25) is 0 Å². The molecule has 3 N–H and O–H groups in total. The lowest BCUT2D eigenvalue weighted by Crippen LogP contribution is -2.22. The molecule has 5 heteroatoms. The number of anilines is 2. The van der Waals surface area contributed by atoms with E-state index in [1.54, 1.807) is 27.3 Å². The average molecular weight is 182 g/mol. The van der Waals surface area contributed by atoms with Gasteiger partial charge in [0.15, 0.2) is 5.49 Å². The molecule has 0 spiro atoms. The van der Waals surface area contributed by atoms with E-state index in [0.29, 0.717) is 5.49 Å². The summed E-state index contributed by atoms with van der Waals surface area (Å²) in [5.41, 5.74) is 2.10. The zero-order chi connectivity index (χ0) is 9.84. The SMILES string of the molecule is CN=c1c(NC)cc(NC)cn1O. The minimum absolute atomic E-state index is 0.501. The number of hydrogen-bond donors (Lipinski definition) is 3. The topological polar surface area (TPSA) is 61.6 Å². The van der Waals surface area contributed by atoms with Crippen molar-refractivity contribution >= 4 is 11.4 Å². The molecule has 1 aromatic heterocycles. The van der Waals surface area contributed by atoms with Gasteiger partial charge >= 0.3 is 0 Å². The van der Waals surface area contributed by atoms with Gasteiger partial charge in [-0.3, -0.25) is 4.99 Å². The Bertz CT molecular complexity index is 356. The van der Waals surface area contributed by atoms with Gasteiger partial charge in [0.25, 0.3) is 0 Å². The maximum atomic E-state index is 9.48. The highest BCUT2D eigenvalue weighted by atomic mass is 16.5. The molecule has 0 aromatic carbocycles. The third-order valence-corrected chi connectivity index (χ3v) is 1.79. The molecule has 0 aliphatic carbocycles. The highest BCUT2D eigenvalue weighted by Crippen LogP contribution is 2.08. The monoisotopic (exact) mass is 182 g/mol. The predicted octanol–water partition coefficient (Wildman–Crippen LogP) is 0.339. The number of hydrogen-bond acceptors (Lipinski definition) is 4. The van der Waals surface area contributed by atoms with E-state index >= 15 is 0 Å². The Hall–Kier alpha value is -1.65. The molecule has 1 rings (SSSR count). The van der Waals surface area contributed by atoms with Crippen LogP contribution in [0.25, 0.3) is 0 Å². The average Bonchev–Trinajstić information content (AvgIpc) is 2.16. The van der Waals surface area contributed by atoms with Crippen LogP contribution in [-0.2, 0) is 0 Å². The number of nitrogens with zero attached hydrogens (tertiary/aromatic N) is 2. The molecule has 1 aromatic rings. The molecule has 0 atom stereocenters. The number of pyridine rings is 1. The zero-order valence-electron chi connectivity index (χ0n) is 8.00. The molecule has 13 heavy (non-hydrogen) atoms. The van der Waals surface area contributed by atoms with Crippen LogP contribution in [0.5, 0.6) is 0 Å². The van der Waals surface area contributed by atoms with Crippen LogP contribution in [0.4, 0.5) is 11.4 Å². The lowest BCUT2D eigenvalue weighted by atomic mass is 10.3. The molecule has 0 saturated carbocycles. The smallest absolute Gasteiger partial charge is 0.186 e. The van der Waals surface area contributed by atoms with Gasteiger partial charge in [0.2, 0.25) is 0 Å². The highest BCUT2D eigenvalue weighted by molar-refractivity contribution is 5.53. The Kier molecular flexibility index (Phi) is 2.79. The molecular weight excluding hydrogens is 168 g/mol. The lowest BCUT2D eigenvalue weighted by molar-refractivity contribution is 0.173. The van der Waals surface area contributed by atoms with E-state index in [4.69, 9.17) is 0 Å². The van der Waals surface area contributed by atoms with Crippen molar-refractivity contribution in [1.29, 1.82) is 0 Å². The predicted molar refractivity (Wildman–Crippen MR) is 52.2 cm³/mol. The van der Waals surface area contributed by atoms with E-state index in [1.807, 2.05) is 6.07 Å². The first kappa shape index (κ1) is 9.44. The van der Waals surface area contributed by atoms with Crippen LogP contribution in [0.1, 0.15) is 0 Å². The fourth-order valence-corrected chi connectivity index (χ4v) is 1.12. The van der Waals surface area contributed by atoms with Crippen molar-refractivity contribution < 1.29 is 5.21 Å². The van der Waals surface area contributed by atoms with Gasteiger partial charge in [-0.25, -0.2) is 0 Å². The molecule has 0 aliphatic heterocycles. The molecule has 0 saturated heterocycles. The van der Waals surface area contributed by atoms with Gasteiger partial charge in [-0.05, 0) is 6.07 Å². The Balaban J connectivity index is 3.38. The highest BCUT2D eigenvalue weighted by Gasteiger charge is 2.00. The van der Waals surface area contributed by atoms with Crippen LogP contribution in [-0.4, -0.2) is 31.1 Å². The van der Waals surface area contributed by atoms with Crippen molar-refractivity contribution in [3.8, 4) is 0 Å². The first-order valence-corrected chi connectivity index (χ1v) is 3.97. The molecule has 0 radical (unpaired) electrons. The summed E-state index contributed by atoms with van der Waals surface area (Å²) in [5, 5.41) is 15.4. The summed E-state index contributed by atoms with van der Waals surface area (Å²) in [7, 11) is 5.20. The fraction of sp³-hybridized carbons (Fsp3) is 0.375. The van der Waals surface area contributed by atoms with Gasteiger partial charge < -0.3 is 15.8 Å². The van der Waals surface area contributed by atoms with Gasteiger partial charge in [-0.15, -0.1) is 0 Å². The largest absolute Gasteiger partial charge is 0.427 e. The fourth-order valence-electron chi connectivity index (χ4n) is 1.12. The standard InChI is InChI=1S/C8H14N4O/c1-9-6-4-7(10-2)8(11-3)12(13)5-6/h4-5,9-10,13H,1-3H3.